The molecule has 1 unspecified atom stereocenters. The molecule has 0 saturated heterocycles. The van der Waals surface area contributed by atoms with Crippen LogP contribution in [0.1, 0.15) is 76.6 Å². The number of sulfonamides is 1. The molecular formula is C28H48N6O6S. The van der Waals surface area contributed by atoms with Crippen molar-refractivity contribution in [2.45, 2.75) is 104 Å². The number of nitrogens with zero attached hydrogens (tertiary/aromatic N) is 1. The number of nitrogens with two attached hydrogens (primary N) is 1. The maximum atomic E-state index is 13.4. The molecule has 2 rings (SSSR count). The predicted octanol–water partition coefficient (Wildman–Crippen LogP) is 2.32. The van der Waals surface area contributed by atoms with Gasteiger partial charge >= 0.3 is 6.09 Å². The summed E-state index contributed by atoms with van der Waals surface area (Å²) in [6.45, 7) is 18.4. The number of guanidine groups is 1. The van der Waals surface area contributed by atoms with E-state index in [1.54, 1.807) is 34.6 Å². The van der Waals surface area contributed by atoms with Crippen molar-refractivity contribution in [3.05, 3.63) is 22.3 Å². The lowest BCUT2D eigenvalue weighted by atomic mass is 9.94. The van der Waals surface area contributed by atoms with Gasteiger partial charge < -0.3 is 31.2 Å². The quantitative estimate of drug-likeness (QED) is 0.139. The van der Waals surface area contributed by atoms with Crippen molar-refractivity contribution in [2.75, 3.05) is 26.2 Å². The van der Waals surface area contributed by atoms with Crippen LogP contribution in [0, 0.1) is 20.8 Å². The van der Waals surface area contributed by atoms with E-state index in [-0.39, 0.29) is 29.7 Å². The van der Waals surface area contributed by atoms with E-state index in [1.165, 1.54) is 0 Å². The lowest BCUT2D eigenvalue weighted by Gasteiger charge is -2.23. The van der Waals surface area contributed by atoms with Crippen molar-refractivity contribution in [3.8, 4) is 5.75 Å². The highest BCUT2D eigenvalue weighted by molar-refractivity contribution is 7.90. The van der Waals surface area contributed by atoms with Gasteiger partial charge in [0.05, 0.1) is 4.90 Å². The molecule has 0 fully saturated rings. The Bertz CT molecular complexity index is 1250. The minimum absolute atomic E-state index is 0.134. The minimum atomic E-state index is -4.02. The fourth-order valence-corrected chi connectivity index (χ4v) is 6.18. The Morgan fingerprint density at radius 1 is 1.12 bits per heavy atom. The monoisotopic (exact) mass is 596 g/mol. The third-order valence-electron chi connectivity index (χ3n) is 6.59. The predicted molar refractivity (Wildman–Crippen MR) is 160 cm³/mol. The van der Waals surface area contributed by atoms with Gasteiger partial charge in [-0.3, -0.25) is 9.79 Å². The Hall–Kier alpha value is -3.06. The van der Waals surface area contributed by atoms with Gasteiger partial charge in [0.1, 0.15) is 23.0 Å². The maximum absolute atomic E-state index is 13.4. The summed E-state index contributed by atoms with van der Waals surface area (Å²) in [7, 11) is -4.02. The first-order valence-corrected chi connectivity index (χ1v) is 15.5. The largest absolute Gasteiger partial charge is 0.487 e. The molecule has 2 amide bonds. The van der Waals surface area contributed by atoms with Crippen LogP contribution in [-0.2, 0) is 26.0 Å². The SMILES string of the molecule is CCNCCNC(=O)C(CCCN=C(N)NS(=O)(=O)c1c(C)c(C)c2c(c1C)CC(C)(C)O2)NC(=O)OC(C)(C)C. The topological polar surface area (TPSA) is 173 Å². The number of hydrogen-bond acceptors (Lipinski definition) is 8. The summed E-state index contributed by atoms with van der Waals surface area (Å²) in [5, 5.41) is 8.51. The maximum Gasteiger partial charge on any atom is 0.408 e. The van der Waals surface area contributed by atoms with E-state index in [0.717, 1.165) is 23.4 Å². The molecule has 13 heteroatoms. The molecule has 0 aliphatic carbocycles. The summed E-state index contributed by atoms with van der Waals surface area (Å²) in [4.78, 5) is 29.4. The first-order chi connectivity index (χ1) is 18.9. The number of carbonyl (C=O) groups excluding carboxylic acids is 2. The van der Waals surface area contributed by atoms with Crippen LogP contribution < -0.4 is 31.1 Å². The molecule has 232 valence electrons. The van der Waals surface area contributed by atoms with Crippen LogP contribution in [-0.4, -0.2) is 69.8 Å². The molecule has 1 aromatic carbocycles. The number of nitrogens with one attached hydrogen (secondary N) is 4. The average Bonchev–Trinajstić information content (AvgIpc) is 3.16. The van der Waals surface area contributed by atoms with Gasteiger partial charge in [0.25, 0.3) is 10.0 Å². The molecule has 1 aliphatic rings. The molecule has 1 heterocycles. The first-order valence-electron chi connectivity index (χ1n) is 14.0. The van der Waals surface area contributed by atoms with E-state index < -0.39 is 33.4 Å². The van der Waals surface area contributed by atoms with E-state index in [4.69, 9.17) is 15.2 Å². The molecular weight excluding hydrogens is 548 g/mol. The molecule has 12 nitrogen and oxygen atoms in total. The number of fused-ring (bicyclic) bond motifs is 1. The van der Waals surface area contributed by atoms with E-state index in [2.05, 4.69) is 25.7 Å². The van der Waals surface area contributed by atoms with Crippen LogP contribution >= 0.6 is 0 Å². The second kappa shape index (κ2) is 13.7. The van der Waals surface area contributed by atoms with Crippen molar-refractivity contribution in [2.24, 2.45) is 10.7 Å². The van der Waals surface area contributed by atoms with Crippen LogP contribution in [0.2, 0.25) is 0 Å². The summed E-state index contributed by atoms with van der Waals surface area (Å²) in [6, 6.07) is -0.856. The van der Waals surface area contributed by atoms with Crippen LogP contribution in [0.5, 0.6) is 5.75 Å². The van der Waals surface area contributed by atoms with E-state index in [9.17, 15) is 18.0 Å². The number of aliphatic imine (C=N–C) groups is 1. The summed E-state index contributed by atoms with van der Waals surface area (Å²) in [5.41, 5.74) is 7.71. The summed E-state index contributed by atoms with van der Waals surface area (Å²) >= 11 is 0. The van der Waals surface area contributed by atoms with Gasteiger partial charge in [0, 0.05) is 31.6 Å². The molecule has 1 aliphatic heterocycles. The second-order valence-electron chi connectivity index (χ2n) is 11.9. The number of hydrogen-bond donors (Lipinski definition) is 5. The Balaban J connectivity index is 2.08. The van der Waals surface area contributed by atoms with Gasteiger partial charge in [0.15, 0.2) is 0 Å². The number of ether oxygens (including phenoxy) is 2. The van der Waals surface area contributed by atoms with Crippen molar-refractivity contribution in [1.82, 2.24) is 20.7 Å². The van der Waals surface area contributed by atoms with Crippen molar-refractivity contribution in [3.63, 3.8) is 0 Å². The van der Waals surface area contributed by atoms with Gasteiger partial charge in [0.2, 0.25) is 11.9 Å². The highest BCUT2D eigenvalue weighted by atomic mass is 32.2. The zero-order valence-electron chi connectivity index (χ0n) is 25.9. The summed E-state index contributed by atoms with van der Waals surface area (Å²) < 4.78 is 40.5. The van der Waals surface area contributed by atoms with Crippen LogP contribution in [0.25, 0.3) is 0 Å². The Kier molecular flexibility index (Phi) is 11.4. The number of carbonyl (C=O) groups is 2. The summed E-state index contributed by atoms with van der Waals surface area (Å²) in [6.07, 6.45) is 0.492. The van der Waals surface area contributed by atoms with Crippen LogP contribution in [0.15, 0.2) is 9.89 Å². The number of likely N-dealkylation sites (N-methyl/N-ethyl adjacent to an activating group) is 1. The molecule has 1 atom stereocenters. The zero-order chi connectivity index (χ0) is 31.2. The third kappa shape index (κ3) is 9.77. The number of benzene rings is 1. The molecule has 0 radical (unpaired) electrons. The van der Waals surface area contributed by atoms with Crippen molar-refractivity contribution < 1.29 is 27.5 Å². The zero-order valence-corrected chi connectivity index (χ0v) is 26.7. The summed E-state index contributed by atoms with van der Waals surface area (Å²) in [5.74, 6) is 0.132. The Morgan fingerprint density at radius 2 is 1.78 bits per heavy atom. The second-order valence-corrected chi connectivity index (χ2v) is 13.5. The molecule has 0 spiro atoms. The van der Waals surface area contributed by atoms with E-state index >= 15 is 0 Å². The molecule has 6 N–H and O–H groups in total. The molecule has 0 saturated carbocycles. The van der Waals surface area contributed by atoms with Crippen LogP contribution in [0.4, 0.5) is 4.79 Å². The number of amides is 2. The molecule has 1 aromatic rings. The third-order valence-corrected chi connectivity index (χ3v) is 8.22. The van der Waals surface area contributed by atoms with Gasteiger partial charge in [-0.2, -0.15) is 0 Å². The van der Waals surface area contributed by atoms with Crippen molar-refractivity contribution >= 4 is 28.0 Å². The highest BCUT2D eigenvalue weighted by Gasteiger charge is 2.36. The Morgan fingerprint density at radius 3 is 2.39 bits per heavy atom. The normalized spacial score (nSPS) is 15.5. The van der Waals surface area contributed by atoms with E-state index in [1.807, 2.05) is 27.7 Å². The molecule has 41 heavy (non-hydrogen) atoms. The van der Waals surface area contributed by atoms with E-state index in [0.29, 0.717) is 37.1 Å². The highest BCUT2D eigenvalue weighted by Crippen LogP contribution is 2.43. The number of rotatable bonds is 12. The lowest BCUT2D eigenvalue weighted by Crippen LogP contribution is -2.49. The average molecular weight is 597 g/mol. The fourth-order valence-electron chi connectivity index (χ4n) is 4.66. The first kappa shape index (κ1) is 34.1. The standard InChI is InChI=1S/C28H48N6O6S/c1-10-30-14-15-31-24(35)21(33-26(36)40-27(5,6)7)12-11-13-32-25(29)34-41(37,38)23-18(3)17(2)22-20(19(23)4)16-28(8,9)39-22/h21,30H,10-16H2,1-9H3,(H,31,35)(H,33,36)(H3,29,32,34). The van der Waals surface area contributed by atoms with Gasteiger partial charge in [-0.05, 0) is 91.5 Å². The smallest absolute Gasteiger partial charge is 0.408 e. The van der Waals surface area contributed by atoms with Gasteiger partial charge in [-0.1, -0.05) is 6.92 Å². The van der Waals surface area contributed by atoms with Gasteiger partial charge in [-0.25, -0.2) is 17.9 Å². The van der Waals surface area contributed by atoms with Crippen molar-refractivity contribution in [1.29, 1.82) is 0 Å². The minimum Gasteiger partial charge on any atom is -0.487 e. The van der Waals surface area contributed by atoms with Gasteiger partial charge in [-0.15, -0.1) is 0 Å². The molecule has 0 bridgehead atoms. The number of alkyl carbamates (subject to hydrolysis) is 1. The fraction of sp³-hybridized carbons (Fsp3) is 0.679. The lowest BCUT2D eigenvalue weighted by molar-refractivity contribution is -0.123. The Labute approximate surface area is 244 Å². The van der Waals surface area contributed by atoms with Crippen LogP contribution in [0.3, 0.4) is 0 Å². The molecule has 0 aromatic heterocycles.